The number of halogens is 4. The number of para-hydroxylation sites is 1. The smallest absolute Gasteiger partial charge is 0.325 e. The number of nitrogens with zero attached hydrogens (tertiary/aromatic N) is 2. The highest BCUT2D eigenvalue weighted by molar-refractivity contribution is 9.09. The lowest BCUT2D eigenvalue weighted by molar-refractivity contribution is -0.388. The zero-order valence-electron chi connectivity index (χ0n) is 14.0. The molecule has 1 heterocycles. The number of nitro groups is 1. The Bertz CT molecular complexity index is 982. The second-order valence-corrected chi connectivity index (χ2v) is 8.27. The SMILES string of the molecule is O=c1cc(C(F)(F)F)cc(CN(CCBr)[S+](=O)(O)c2ccccc2[N+](=O)[O-])[nH]1. The highest BCUT2D eigenvalue weighted by Gasteiger charge is 2.44. The summed E-state index contributed by atoms with van der Waals surface area (Å²) in [5, 5.41) is 11.3. The number of H-pyrrole nitrogens is 1. The van der Waals surface area contributed by atoms with Gasteiger partial charge in [0.25, 0.3) is 4.90 Å². The van der Waals surface area contributed by atoms with Crippen molar-refractivity contribution < 1.29 is 26.9 Å². The molecule has 1 aromatic heterocycles. The molecule has 13 heteroatoms. The number of pyridine rings is 1. The number of aromatic nitrogens is 1. The number of alkyl halides is 4. The summed E-state index contributed by atoms with van der Waals surface area (Å²) in [6, 6.07) is 5.81. The molecule has 28 heavy (non-hydrogen) atoms. The van der Waals surface area contributed by atoms with Gasteiger partial charge in [0.05, 0.1) is 23.6 Å². The standard InChI is InChI=1S/C15H13BrF3N3O5S/c16-5-6-21(9-11-7-10(15(17,18)19)8-14(23)20-11)28(26,27)13-4-2-1-3-12(13)22(24)25/h1-4,7-8H,5-6,9H2,(H-,20,23,26,27)/p+1. The molecular formula is C15H14BrF3N3O5S+. The first-order chi connectivity index (χ1) is 13.0. The van der Waals surface area contributed by atoms with E-state index in [1.165, 1.54) is 12.1 Å². The summed E-state index contributed by atoms with van der Waals surface area (Å²) in [4.78, 5) is 23.6. The fraction of sp³-hybridized carbons (Fsp3) is 0.267. The van der Waals surface area contributed by atoms with Crippen molar-refractivity contribution in [3.05, 3.63) is 68.1 Å². The maximum Gasteiger partial charge on any atom is 0.416 e. The topological polar surface area (TPSA) is 117 Å². The number of rotatable bonds is 7. The Balaban J connectivity index is 2.49. The van der Waals surface area contributed by atoms with Crippen molar-refractivity contribution in [1.29, 1.82) is 0 Å². The van der Waals surface area contributed by atoms with Crippen LogP contribution in [0, 0.1) is 10.1 Å². The largest absolute Gasteiger partial charge is 0.416 e. The summed E-state index contributed by atoms with van der Waals surface area (Å²) >= 11 is 3.07. The van der Waals surface area contributed by atoms with E-state index in [1.54, 1.807) is 0 Å². The van der Waals surface area contributed by atoms with Gasteiger partial charge in [0.1, 0.15) is 0 Å². The molecule has 2 N–H and O–H groups in total. The summed E-state index contributed by atoms with van der Waals surface area (Å²) in [5.41, 5.74) is -3.10. The Kier molecular flexibility index (Phi) is 6.75. The molecular weight excluding hydrogens is 471 g/mol. The highest BCUT2D eigenvalue weighted by atomic mass is 79.9. The minimum Gasteiger partial charge on any atom is -0.325 e. The second kappa shape index (κ2) is 8.51. The van der Waals surface area contributed by atoms with E-state index < -0.39 is 49.7 Å². The number of benzene rings is 1. The third kappa shape index (κ3) is 5.04. The van der Waals surface area contributed by atoms with Crippen molar-refractivity contribution in [2.75, 3.05) is 11.9 Å². The Hall–Kier alpha value is -2.09. The van der Waals surface area contributed by atoms with Crippen molar-refractivity contribution >= 4 is 32.0 Å². The molecule has 0 spiro atoms. The van der Waals surface area contributed by atoms with Gasteiger partial charge < -0.3 is 4.98 Å². The molecule has 0 aliphatic heterocycles. The Morgan fingerprint density at radius 1 is 1.29 bits per heavy atom. The fourth-order valence-corrected chi connectivity index (χ4v) is 4.66. The van der Waals surface area contributed by atoms with Crippen molar-refractivity contribution in [2.24, 2.45) is 0 Å². The quantitative estimate of drug-likeness (QED) is 0.270. The van der Waals surface area contributed by atoms with Gasteiger partial charge in [0.15, 0.2) is 0 Å². The number of aromatic amines is 1. The molecule has 1 aromatic carbocycles. The highest BCUT2D eigenvalue weighted by Crippen LogP contribution is 2.32. The van der Waals surface area contributed by atoms with Gasteiger partial charge >= 0.3 is 22.3 Å². The predicted molar refractivity (Wildman–Crippen MR) is 98.3 cm³/mol. The number of hydrogen-bond donors (Lipinski definition) is 2. The van der Waals surface area contributed by atoms with Crippen LogP contribution in [0.25, 0.3) is 0 Å². The van der Waals surface area contributed by atoms with Gasteiger partial charge in [-0.3, -0.25) is 14.9 Å². The van der Waals surface area contributed by atoms with E-state index in [0.29, 0.717) is 12.1 Å². The zero-order chi connectivity index (χ0) is 21.1. The summed E-state index contributed by atoms with van der Waals surface area (Å²) in [7, 11) is -4.19. The van der Waals surface area contributed by atoms with E-state index >= 15 is 0 Å². The lowest BCUT2D eigenvalue weighted by atomic mass is 10.2. The third-order valence-corrected chi connectivity index (χ3v) is 5.89. The maximum absolute atomic E-state index is 13.0. The van der Waals surface area contributed by atoms with Crippen LogP contribution in [0.15, 0.2) is 46.1 Å². The van der Waals surface area contributed by atoms with E-state index in [0.717, 1.165) is 16.4 Å². The van der Waals surface area contributed by atoms with Crippen LogP contribution in [0.1, 0.15) is 11.3 Å². The van der Waals surface area contributed by atoms with Crippen LogP contribution in [-0.4, -0.2) is 30.6 Å². The molecule has 0 amide bonds. The van der Waals surface area contributed by atoms with E-state index in [9.17, 15) is 36.8 Å². The Morgan fingerprint density at radius 2 is 1.93 bits per heavy atom. The van der Waals surface area contributed by atoms with Crippen molar-refractivity contribution in [1.82, 2.24) is 9.29 Å². The molecule has 8 nitrogen and oxygen atoms in total. The monoisotopic (exact) mass is 484 g/mol. The summed E-state index contributed by atoms with van der Waals surface area (Å²) in [6.07, 6.45) is -4.78. The van der Waals surface area contributed by atoms with E-state index in [2.05, 4.69) is 20.9 Å². The maximum atomic E-state index is 13.0. The van der Waals surface area contributed by atoms with Gasteiger partial charge in [-0.2, -0.15) is 17.7 Å². The molecule has 0 saturated carbocycles. The Labute approximate surface area is 166 Å². The lowest BCUT2D eigenvalue weighted by Gasteiger charge is -2.19. The summed E-state index contributed by atoms with van der Waals surface area (Å²) < 4.78 is 63.2. The van der Waals surface area contributed by atoms with Gasteiger partial charge in [0.2, 0.25) is 5.56 Å². The van der Waals surface area contributed by atoms with Gasteiger partial charge in [-0.1, -0.05) is 32.4 Å². The fourth-order valence-electron chi connectivity index (χ4n) is 2.40. The van der Waals surface area contributed by atoms with Crippen LogP contribution < -0.4 is 5.56 Å². The van der Waals surface area contributed by atoms with Crippen LogP contribution in [0.3, 0.4) is 0 Å². The molecule has 2 aromatic rings. The van der Waals surface area contributed by atoms with E-state index in [-0.39, 0.29) is 17.6 Å². The van der Waals surface area contributed by atoms with Gasteiger partial charge in [-0.25, -0.2) is 0 Å². The predicted octanol–water partition coefficient (Wildman–Crippen LogP) is 3.45. The minimum absolute atomic E-state index is 0.139. The normalized spacial score (nSPS) is 14.1. The molecule has 0 radical (unpaired) electrons. The molecule has 0 bridgehead atoms. The molecule has 0 aliphatic rings. The van der Waals surface area contributed by atoms with Crippen LogP contribution in [0.4, 0.5) is 18.9 Å². The molecule has 1 unspecified atom stereocenters. The van der Waals surface area contributed by atoms with Crippen molar-refractivity contribution in [3.8, 4) is 0 Å². The van der Waals surface area contributed by atoms with Crippen LogP contribution in [0.2, 0.25) is 0 Å². The average molecular weight is 485 g/mol. The zero-order valence-corrected chi connectivity index (χ0v) is 16.4. The molecule has 2 rings (SSSR count). The summed E-state index contributed by atoms with van der Waals surface area (Å²) in [5.74, 6) is 0. The first kappa shape index (κ1) is 22.2. The van der Waals surface area contributed by atoms with Gasteiger partial charge in [0, 0.05) is 29.2 Å². The number of nitrogens with one attached hydrogen (secondary N) is 1. The first-order valence-corrected chi connectivity index (χ1v) is 10.2. The summed E-state index contributed by atoms with van der Waals surface area (Å²) in [6.45, 7) is -0.689. The van der Waals surface area contributed by atoms with Crippen molar-refractivity contribution in [2.45, 2.75) is 17.6 Å². The molecule has 0 aliphatic carbocycles. The van der Waals surface area contributed by atoms with Gasteiger partial charge in [-0.05, 0) is 10.3 Å². The third-order valence-electron chi connectivity index (χ3n) is 3.61. The van der Waals surface area contributed by atoms with Gasteiger partial charge in [-0.15, -0.1) is 0 Å². The number of hydrogen-bond acceptors (Lipinski definition) is 4. The molecule has 152 valence electrons. The van der Waals surface area contributed by atoms with Crippen LogP contribution in [-0.2, 0) is 27.3 Å². The Morgan fingerprint density at radius 3 is 2.50 bits per heavy atom. The van der Waals surface area contributed by atoms with Crippen molar-refractivity contribution in [3.63, 3.8) is 0 Å². The van der Waals surface area contributed by atoms with E-state index in [1.807, 2.05) is 0 Å². The molecule has 1 atom stereocenters. The lowest BCUT2D eigenvalue weighted by Crippen LogP contribution is -2.38. The first-order valence-electron chi connectivity index (χ1n) is 7.58. The minimum atomic E-state index is -4.78. The second-order valence-electron chi connectivity index (χ2n) is 5.53. The number of nitro benzene ring substituents is 1. The molecule has 0 fully saturated rings. The molecule has 0 saturated heterocycles. The van der Waals surface area contributed by atoms with Crippen LogP contribution in [0.5, 0.6) is 0 Å². The van der Waals surface area contributed by atoms with E-state index in [4.69, 9.17) is 0 Å². The van der Waals surface area contributed by atoms with Crippen LogP contribution >= 0.6 is 15.9 Å². The average Bonchev–Trinajstić information content (AvgIpc) is 2.60.